The van der Waals surface area contributed by atoms with Crippen molar-refractivity contribution >= 4 is 56.7 Å². The van der Waals surface area contributed by atoms with Crippen molar-refractivity contribution in [3.8, 4) is 5.75 Å². The Kier molecular flexibility index (Phi) is 8.28. The molecule has 0 saturated carbocycles. The van der Waals surface area contributed by atoms with Crippen LogP contribution in [0.15, 0.2) is 76.7 Å². The molecule has 0 saturated heterocycles. The maximum Gasteiger partial charge on any atom is 0.288 e. The summed E-state index contributed by atoms with van der Waals surface area (Å²) >= 11 is 11.8. The number of amides is 1. The van der Waals surface area contributed by atoms with Crippen molar-refractivity contribution in [1.82, 2.24) is 5.43 Å². The minimum Gasteiger partial charge on any atom is -0.497 e. The van der Waals surface area contributed by atoms with Crippen LogP contribution < -0.4 is 14.5 Å². The maximum atomic E-state index is 13.4. The van der Waals surface area contributed by atoms with Crippen molar-refractivity contribution in [2.24, 2.45) is 5.10 Å². The number of hydrogen-bond donors (Lipinski definition) is 1. The Bertz CT molecular complexity index is 1380. The van der Waals surface area contributed by atoms with E-state index in [1.165, 1.54) is 67.9 Å². The first-order valence-electron chi connectivity index (χ1n) is 9.80. The Morgan fingerprint density at radius 2 is 1.86 bits per heavy atom. The number of benzene rings is 3. The van der Waals surface area contributed by atoms with Gasteiger partial charge < -0.3 is 4.74 Å². The van der Waals surface area contributed by atoms with Crippen LogP contribution in [-0.2, 0) is 14.8 Å². The molecule has 0 aliphatic heterocycles. The monoisotopic (exact) mass is 536 g/mol. The smallest absolute Gasteiger partial charge is 0.288 e. The first-order valence-corrected chi connectivity index (χ1v) is 12.0. The van der Waals surface area contributed by atoms with Gasteiger partial charge in [0, 0.05) is 16.7 Å². The van der Waals surface area contributed by atoms with Crippen LogP contribution in [0.2, 0.25) is 10.0 Å². The summed E-state index contributed by atoms with van der Waals surface area (Å²) in [5.74, 6) is -0.297. The number of hydrogen-bond acceptors (Lipinski definition) is 7. The van der Waals surface area contributed by atoms with Crippen LogP contribution in [0.4, 0.5) is 11.4 Å². The number of rotatable bonds is 9. The van der Waals surface area contributed by atoms with Crippen LogP contribution in [0.3, 0.4) is 0 Å². The number of hydrazone groups is 1. The molecule has 0 unspecified atom stereocenters. The highest BCUT2D eigenvalue weighted by molar-refractivity contribution is 7.92. The highest BCUT2D eigenvalue weighted by atomic mass is 35.5. The molecule has 10 nitrogen and oxygen atoms in total. The first-order chi connectivity index (χ1) is 16.6. The van der Waals surface area contributed by atoms with E-state index in [4.69, 9.17) is 27.9 Å². The molecule has 0 aliphatic rings. The lowest BCUT2D eigenvalue weighted by molar-refractivity contribution is -0.384. The van der Waals surface area contributed by atoms with Crippen molar-refractivity contribution in [3.63, 3.8) is 0 Å². The molecular formula is C22H18Cl2N4O6S. The van der Waals surface area contributed by atoms with Gasteiger partial charge in [-0.2, -0.15) is 5.10 Å². The number of ether oxygens (including phenoxy) is 1. The Hall–Kier alpha value is -3.67. The molecule has 35 heavy (non-hydrogen) atoms. The predicted octanol–water partition coefficient (Wildman–Crippen LogP) is 4.26. The summed E-state index contributed by atoms with van der Waals surface area (Å²) < 4.78 is 32.7. The SMILES string of the molecule is COc1ccc(S(=O)(=O)N(CC(=O)N/N=C\c2ccc(Cl)c([N+](=O)[O-])c2)c2cccc(Cl)c2)cc1. The van der Waals surface area contributed by atoms with Crippen molar-refractivity contribution in [2.75, 3.05) is 18.0 Å². The summed E-state index contributed by atoms with van der Waals surface area (Å²) in [6.45, 7) is -0.618. The Labute approximate surface area is 210 Å². The number of nitro groups is 1. The average Bonchev–Trinajstić information content (AvgIpc) is 2.83. The van der Waals surface area contributed by atoms with E-state index in [9.17, 15) is 23.3 Å². The van der Waals surface area contributed by atoms with Crippen LogP contribution in [0.25, 0.3) is 0 Å². The highest BCUT2D eigenvalue weighted by Crippen LogP contribution is 2.27. The van der Waals surface area contributed by atoms with Crippen LogP contribution in [0, 0.1) is 10.1 Å². The van der Waals surface area contributed by atoms with Gasteiger partial charge in [0.25, 0.3) is 21.6 Å². The molecule has 0 heterocycles. The molecule has 0 fully saturated rings. The summed E-state index contributed by atoms with van der Waals surface area (Å²) in [5.41, 5.74) is 2.37. The van der Waals surface area contributed by atoms with Crippen molar-refractivity contribution in [3.05, 3.63) is 92.5 Å². The summed E-state index contributed by atoms with van der Waals surface area (Å²) in [4.78, 5) is 22.9. The number of sulfonamides is 1. The molecular weight excluding hydrogens is 519 g/mol. The van der Waals surface area contributed by atoms with Gasteiger partial charge >= 0.3 is 0 Å². The number of nitrogens with one attached hydrogen (secondary N) is 1. The molecule has 0 spiro atoms. The second kappa shape index (κ2) is 11.2. The van der Waals surface area contributed by atoms with Gasteiger partial charge in [0.15, 0.2) is 0 Å². The predicted molar refractivity (Wildman–Crippen MR) is 133 cm³/mol. The molecule has 3 aromatic rings. The molecule has 0 aromatic heterocycles. The van der Waals surface area contributed by atoms with E-state index in [-0.39, 0.29) is 26.3 Å². The molecule has 3 aromatic carbocycles. The van der Waals surface area contributed by atoms with Gasteiger partial charge in [-0.3, -0.25) is 19.2 Å². The van der Waals surface area contributed by atoms with Crippen LogP contribution in [0.5, 0.6) is 5.75 Å². The highest BCUT2D eigenvalue weighted by Gasteiger charge is 2.27. The summed E-state index contributed by atoms with van der Waals surface area (Å²) in [5, 5.41) is 15.0. The summed E-state index contributed by atoms with van der Waals surface area (Å²) in [7, 11) is -2.72. The molecule has 3 rings (SSSR count). The van der Waals surface area contributed by atoms with Gasteiger partial charge in [0.2, 0.25) is 0 Å². The van der Waals surface area contributed by atoms with E-state index >= 15 is 0 Å². The van der Waals surface area contributed by atoms with E-state index in [0.29, 0.717) is 11.3 Å². The summed E-state index contributed by atoms with van der Waals surface area (Å²) in [6, 6.07) is 15.7. The van der Waals surface area contributed by atoms with Crippen molar-refractivity contribution in [1.29, 1.82) is 0 Å². The van der Waals surface area contributed by atoms with Crippen LogP contribution in [-0.4, -0.2) is 39.1 Å². The van der Waals surface area contributed by atoms with E-state index in [1.807, 2.05) is 0 Å². The number of carbonyl (C=O) groups is 1. The molecule has 13 heteroatoms. The fraction of sp³-hybridized carbons (Fsp3) is 0.0909. The minimum atomic E-state index is -4.17. The van der Waals surface area contributed by atoms with E-state index in [0.717, 1.165) is 4.31 Å². The fourth-order valence-electron chi connectivity index (χ4n) is 2.92. The topological polar surface area (TPSA) is 131 Å². The third-order valence-electron chi connectivity index (χ3n) is 4.60. The van der Waals surface area contributed by atoms with Gasteiger partial charge in [-0.25, -0.2) is 13.8 Å². The third-order valence-corrected chi connectivity index (χ3v) is 6.94. The second-order valence-electron chi connectivity index (χ2n) is 6.93. The lowest BCUT2D eigenvalue weighted by Gasteiger charge is -2.24. The number of anilines is 1. The van der Waals surface area contributed by atoms with Gasteiger partial charge in [-0.15, -0.1) is 0 Å². The molecule has 182 valence electrons. The lowest BCUT2D eigenvalue weighted by atomic mass is 10.2. The maximum absolute atomic E-state index is 13.4. The van der Waals surface area contributed by atoms with E-state index in [1.54, 1.807) is 12.1 Å². The van der Waals surface area contributed by atoms with Crippen LogP contribution in [0.1, 0.15) is 5.56 Å². The zero-order valence-corrected chi connectivity index (χ0v) is 20.4. The number of halogens is 2. The summed E-state index contributed by atoms with van der Waals surface area (Å²) in [6.07, 6.45) is 1.17. The van der Waals surface area contributed by atoms with Crippen molar-refractivity contribution in [2.45, 2.75) is 4.90 Å². The number of methoxy groups -OCH3 is 1. The second-order valence-corrected chi connectivity index (χ2v) is 9.63. The molecule has 0 aliphatic carbocycles. The van der Waals surface area contributed by atoms with Crippen molar-refractivity contribution < 1.29 is 22.9 Å². The number of nitro benzene ring substituents is 1. The molecule has 1 N–H and O–H groups in total. The molecule has 0 radical (unpaired) electrons. The molecule has 1 amide bonds. The zero-order valence-electron chi connectivity index (χ0n) is 18.1. The standard InChI is InChI=1S/C22H18Cl2N4O6S/c1-34-18-6-8-19(9-7-18)35(32,33)27(17-4-2-3-16(23)12-17)14-22(29)26-25-13-15-5-10-20(24)21(11-15)28(30)31/h2-13H,14H2,1H3,(H,26,29)/b25-13-. The van der Waals surface area contributed by atoms with Crippen LogP contribution >= 0.6 is 23.2 Å². The van der Waals surface area contributed by atoms with Gasteiger partial charge in [0.1, 0.15) is 17.3 Å². The van der Waals surface area contributed by atoms with Gasteiger partial charge in [0.05, 0.1) is 28.8 Å². The largest absolute Gasteiger partial charge is 0.497 e. The number of carbonyl (C=O) groups excluding carboxylic acids is 1. The first kappa shape index (κ1) is 25.9. The van der Waals surface area contributed by atoms with Gasteiger partial charge in [-0.05, 0) is 48.5 Å². The van der Waals surface area contributed by atoms with E-state index < -0.39 is 27.4 Å². The Morgan fingerprint density at radius 1 is 1.14 bits per heavy atom. The third kappa shape index (κ3) is 6.47. The Balaban J connectivity index is 1.84. The average molecular weight is 537 g/mol. The van der Waals surface area contributed by atoms with Gasteiger partial charge in [-0.1, -0.05) is 35.3 Å². The Morgan fingerprint density at radius 3 is 2.49 bits per heavy atom. The quantitative estimate of drug-likeness (QED) is 0.247. The van der Waals surface area contributed by atoms with E-state index in [2.05, 4.69) is 10.5 Å². The lowest BCUT2D eigenvalue weighted by Crippen LogP contribution is -2.39. The zero-order chi connectivity index (χ0) is 25.6. The normalized spacial score (nSPS) is 11.3. The number of nitrogens with zero attached hydrogens (tertiary/aromatic N) is 3. The fourth-order valence-corrected chi connectivity index (χ4v) is 4.70. The minimum absolute atomic E-state index is 0.0444. The molecule has 0 bridgehead atoms. The molecule has 0 atom stereocenters.